The third-order valence-corrected chi connectivity index (χ3v) is 6.76. The first-order chi connectivity index (χ1) is 15.5. The fraction of sp³-hybridized carbons (Fsp3) is 0.200. The number of fused-ring (bicyclic) bond motifs is 1. The van der Waals surface area contributed by atoms with Gasteiger partial charge in [-0.3, -0.25) is 14.4 Å². The van der Waals surface area contributed by atoms with Gasteiger partial charge in [0.25, 0.3) is 5.91 Å². The zero-order chi connectivity index (χ0) is 22.4. The quantitative estimate of drug-likeness (QED) is 0.469. The summed E-state index contributed by atoms with van der Waals surface area (Å²) in [4.78, 5) is 34.2. The molecule has 0 bridgehead atoms. The summed E-state index contributed by atoms with van der Waals surface area (Å²) >= 11 is 12.2. The molecule has 0 spiro atoms. The molecule has 5 nitrogen and oxygen atoms in total. The molecule has 3 aromatic rings. The zero-order valence-electron chi connectivity index (χ0n) is 17.2. The number of nitrogens with zero attached hydrogens (tertiary/aromatic N) is 2. The smallest absolute Gasteiger partial charge is 0.266 e. The van der Waals surface area contributed by atoms with E-state index in [0.29, 0.717) is 10.7 Å². The van der Waals surface area contributed by atoms with Gasteiger partial charge in [0, 0.05) is 0 Å². The van der Waals surface area contributed by atoms with Gasteiger partial charge in [0.1, 0.15) is 5.92 Å². The van der Waals surface area contributed by atoms with Gasteiger partial charge >= 0.3 is 0 Å². The van der Waals surface area contributed by atoms with Gasteiger partial charge in [0.05, 0.1) is 27.5 Å². The van der Waals surface area contributed by atoms with Gasteiger partial charge < -0.3 is 0 Å². The predicted octanol–water partition coefficient (Wildman–Crippen LogP) is 5.61. The zero-order valence-corrected chi connectivity index (χ0v) is 18.8. The third-order valence-electron chi connectivity index (χ3n) is 6.02. The van der Waals surface area contributed by atoms with Crippen LogP contribution in [-0.4, -0.2) is 17.9 Å². The van der Waals surface area contributed by atoms with Crippen molar-refractivity contribution in [2.24, 2.45) is 5.92 Å². The first-order valence-electron chi connectivity index (χ1n) is 10.4. The second-order valence-electron chi connectivity index (χ2n) is 7.86. The molecule has 0 aliphatic carbocycles. The molecule has 162 valence electrons. The van der Waals surface area contributed by atoms with Gasteiger partial charge in [-0.1, -0.05) is 72.6 Å². The van der Waals surface area contributed by atoms with Gasteiger partial charge in [-0.15, -0.1) is 0 Å². The van der Waals surface area contributed by atoms with Crippen molar-refractivity contribution in [3.63, 3.8) is 0 Å². The van der Waals surface area contributed by atoms with Crippen molar-refractivity contribution in [2.75, 3.05) is 9.96 Å². The van der Waals surface area contributed by atoms with Gasteiger partial charge in [-0.25, -0.2) is 9.96 Å². The summed E-state index contributed by atoms with van der Waals surface area (Å²) in [6.07, 6.45) is -0.00804. The van der Waals surface area contributed by atoms with Crippen LogP contribution in [0.1, 0.15) is 24.1 Å². The van der Waals surface area contributed by atoms with Crippen molar-refractivity contribution in [3.05, 3.63) is 94.0 Å². The van der Waals surface area contributed by atoms with E-state index in [1.165, 1.54) is 11.6 Å². The fourth-order valence-corrected chi connectivity index (χ4v) is 4.67. The van der Waals surface area contributed by atoms with Crippen LogP contribution in [-0.2, 0) is 20.8 Å². The Morgan fingerprint density at radius 1 is 0.844 bits per heavy atom. The molecule has 2 amide bonds. The molecule has 2 saturated heterocycles. The average Bonchev–Trinajstić information content (AvgIpc) is 3.32. The van der Waals surface area contributed by atoms with Gasteiger partial charge in [-0.2, -0.15) is 0 Å². The van der Waals surface area contributed by atoms with E-state index < -0.39 is 24.0 Å². The molecule has 3 atom stereocenters. The van der Waals surface area contributed by atoms with E-state index in [-0.39, 0.29) is 10.9 Å². The van der Waals surface area contributed by atoms with Gasteiger partial charge in [0.15, 0.2) is 6.10 Å². The summed E-state index contributed by atoms with van der Waals surface area (Å²) in [5, 5.41) is 2.33. The molecule has 0 saturated carbocycles. The van der Waals surface area contributed by atoms with Crippen LogP contribution in [0.4, 0.5) is 11.4 Å². The van der Waals surface area contributed by atoms with Crippen LogP contribution in [0, 0.1) is 5.92 Å². The molecular formula is C25H20Cl2N2O3. The number of hydrogen-bond donors (Lipinski definition) is 0. The number of rotatable bonds is 4. The van der Waals surface area contributed by atoms with E-state index in [9.17, 15) is 9.59 Å². The first-order valence-corrected chi connectivity index (χ1v) is 11.2. The summed E-state index contributed by atoms with van der Waals surface area (Å²) in [5.41, 5.74) is 3.28. The van der Waals surface area contributed by atoms with Crippen LogP contribution in [0.3, 0.4) is 0 Å². The Morgan fingerprint density at radius 2 is 1.56 bits per heavy atom. The molecule has 2 aliphatic rings. The topological polar surface area (TPSA) is 49.9 Å². The lowest BCUT2D eigenvalue weighted by Gasteiger charge is -2.29. The molecule has 2 fully saturated rings. The number of benzene rings is 3. The molecule has 2 aliphatic heterocycles. The van der Waals surface area contributed by atoms with E-state index in [1.54, 1.807) is 17.2 Å². The van der Waals surface area contributed by atoms with Crippen molar-refractivity contribution in [1.82, 2.24) is 0 Å². The summed E-state index contributed by atoms with van der Waals surface area (Å²) in [5.74, 6) is -1.42. The second-order valence-corrected chi connectivity index (χ2v) is 8.68. The molecule has 0 N–H and O–H groups in total. The molecule has 0 radical (unpaired) electrons. The highest BCUT2D eigenvalue weighted by atomic mass is 35.5. The van der Waals surface area contributed by atoms with E-state index >= 15 is 0 Å². The van der Waals surface area contributed by atoms with Crippen molar-refractivity contribution >= 4 is 46.4 Å². The molecule has 0 unspecified atom stereocenters. The Morgan fingerprint density at radius 3 is 2.22 bits per heavy atom. The van der Waals surface area contributed by atoms with Crippen molar-refractivity contribution in [1.29, 1.82) is 0 Å². The normalized spacial score (nSPS) is 22.5. The summed E-state index contributed by atoms with van der Waals surface area (Å²) in [7, 11) is 0. The van der Waals surface area contributed by atoms with E-state index in [4.69, 9.17) is 28.0 Å². The number of hydrogen-bond acceptors (Lipinski definition) is 4. The molecule has 2 heterocycles. The SMILES string of the molecule is CCc1ccc([C@H]2[C@H]3C(=O)N(c4ccc(Cl)c(Cl)c4)C(=O)[C@@H]3ON2c2ccccc2)cc1. The number of para-hydroxylation sites is 1. The third kappa shape index (κ3) is 3.37. The number of imide groups is 1. The highest BCUT2D eigenvalue weighted by Crippen LogP contribution is 2.47. The maximum Gasteiger partial charge on any atom is 0.266 e. The molecule has 32 heavy (non-hydrogen) atoms. The lowest BCUT2D eigenvalue weighted by atomic mass is 9.90. The van der Waals surface area contributed by atoms with Gasteiger partial charge in [-0.05, 0) is 47.9 Å². The lowest BCUT2D eigenvalue weighted by Crippen LogP contribution is -2.37. The largest absolute Gasteiger partial charge is 0.273 e. The Hall–Kier alpha value is -2.86. The second kappa shape index (κ2) is 8.24. The highest BCUT2D eigenvalue weighted by molar-refractivity contribution is 6.42. The molecular weight excluding hydrogens is 447 g/mol. The van der Waals surface area contributed by atoms with Crippen LogP contribution < -0.4 is 9.96 Å². The molecule has 3 aromatic carbocycles. The maximum absolute atomic E-state index is 13.6. The Balaban J connectivity index is 1.57. The highest BCUT2D eigenvalue weighted by Gasteiger charge is 2.60. The summed E-state index contributed by atoms with van der Waals surface area (Å²) in [6, 6.07) is 21.9. The Labute approximate surface area is 196 Å². The van der Waals surface area contributed by atoms with Crippen LogP contribution >= 0.6 is 23.2 Å². The minimum atomic E-state index is -0.923. The van der Waals surface area contributed by atoms with Crippen molar-refractivity contribution < 1.29 is 14.4 Å². The number of amides is 2. The van der Waals surface area contributed by atoms with Crippen LogP contribution in [0.15, 0.2) is 72.8 Å². The number of hydroxylamine groups is 1. The Kier molecular flexibility index (Phi) is 5.41. The first kappa shape index (κ1) is 21.0. The van der Waals surface area contributed by atoms with Gasteiger partial charge in [0.2, 0.25) is 5.91 Å². The maximum atomic E-state index is 13.6. The molecule has 0 aromatic heterocycles. The number of anilines is 2. The molecule has 7 heteroatoms. The number of carbonyl (C=O) groups is 2. The van der Waals surface area contributed by atoms with Crippen LogP contribution in [0.5, 0.6) is 0 Å². The minimum Gasteiger partial charge on any atom is -0.273 e. The summed E-state index contributed by atoms with van der Waals surface area (Å²) < 4.78 is 0. The Bertz CT molecular complexity index is 1180. The van der Waals surface area contributed by atoms with Crippen molar-refractivity contribution in [2.45, 2.75) is 25.5 Å². The monoisotopic (exact) mass is 466 g/mol. The summed E-state index contributed by atoms with van der Waals surface area (Å²) in [6.45, 7) is 2.09. The number of aryl methyl sites for hydroxylation is 1. The number of halogens is 2. The van der Waals surface area contributed by atoms with E-state index in [1.807, 2.05) is 54.6 Å². The molecule has 5 rings (SSSR count). The van der Waals surface area contributed by atoms with Crippen molar-refractivity contribution in [3.8, 4) is 0 Å². The van der Waals surface area contributed by atoms with Crippen LogP contribution in [0.2, 0.25) is 10.0 Å². The predicted molar refractivity (Wildman–Crippen MR) is 125 cm³/mol. The van der Waals surface area contributed by atoms with Crippen LogP contribution in [0.25, 0.3) is 0 Å². The van der Waals surface area contributed by atoms with E-state index in [0.717, 1.165) is 22.6 Å². The fourth-order valence-electron chi connectivity index (χ4n) is 4.38. The average molecular weight is 467 g/mol. The standard InChI is InChI=1S/C25H20Cl2N2O3/c1-2-15-8-10-16(11-9-15)22-21-23(32-29(22)17-6-4-3-5-7-17)25(31)28(24(21)30)18-12-13-19(26)20(27)14-18/h3-14,21-23H,2H2,1H3/t21-,22+,23-/m1/s1. The lowest BCUT2D eigenvalue weighted by molar-refractivity contribution is -0.126. The minimum absolute atomic E-state index is 0.278. The number of carbonyl (C=O) groups excluding carboxylic acids is 2. The van der Waals surface area contributed by atoms with E-state index in [2.05, 4.69) is 6.92 Å².